The Morgan fingerprint density at radius 2 is 2.21 bits per heavy atom. The van der Waals surface area contributed by atoms with Crippen LogP contribution in [0.25, 0.3) is 0 Å². The second kappa shape index (κ2) is 5.65. The van der Waals surface area contributed by atoms with Crippen molar-refractivity contribution in [2.24, 2.45) is 0 Å². The zero-order valence-electron chi connectivity index (χ0n) is 11.4. The molecule has 0 bridgehead atoms. The van der Waals surface area contributed by atoms with Gasteiger partial charge in [0.2, 0.25) is 5.91 Å². The van der Waals surface area contributed by atoms with E-state index in [1.807, 2.05) is 11.9 Å². The molecule has 104 valence electrons. The summed E-state index contributed by atoms with van der Waals surface area (Å²) in [5, 5.41) is 3.45. The van der Waals surface area contributed by atoms with Crippen LogP contribution in [-0.4, -0.2) is 40.8 Å². The van der Waals surface area contributed by atoms with Crippen LogP contribution in [0.2, 0.25) is 0 Å². The van der Waals surface area contributed by atoms with Crippen molar-refractivity contribution in [1.82, 2.24) is 10.0 Å². The van der Waals surface area contributed by atoms with E-state index in [1.165, 1.54) is 13.0 Å². The van der Waals surface area contributed by atoms with Crippen LogP contribution in [0, 0.1) is 0 Å². The highest BCUT2D eigenvalue weighted by molar-refractivity contribution is 6.02. The molecular formula is C14H19FN2O2. The van der Waals surface area contributed by atoms with Crippen LogP contribution < -0.4 is 0 Å². The highest BCUT2D eigenvalue weighted by Gasteiger charge is 2.41. The van der Waals surface area contributed by atoms with Gasteiger partial charge in [-0.15, -0.1) is 0 Å². The van der Waals surface area contributed by atoms with Gasteiger partial charge in [-0.1, -0.05) is 6.08 Å². The molecule has 0 radical (unpaired) electrons. The number of amides is 1. The number of nitrogens with zero attached hydrogens (tertiary/aromatic N) is 2. The minimum Gasteiger partial charge on any atom is -0.297 e. The summed E-state index contributed by atoms with van der Waals surface area (Å²) in [4.78, 5) is 23.8. The molecule has 0 aromatic carbocycles. The quantitative estimate of drug-likeness (QED) is 0.579. The normalized spacial score (nSPS) is 26.1. The lowest BCUT2D eigenvalue weighted by molar-refractivity contribution is -0.163. The maximum Gasteiger partial charge on any atom is 0.244 e. The summed E-state index contributed by atoms with van der Waals surface area (Å²) in [6.07, 6.45) is 4.91. The second-order valence-electron chi connectivity index (χ2n) is 5.01. The molecule has 0 saturated carbocycles. The Bertz CT molecular complexity index is 452. The van der Waals surface area contributed by atoms with Crippen molar-refractivity contribution in [3.8, 4) is 0 Å². The minimum atomic E-state index is -0.286. The van der Waals surface area contributed by atoms with E-state index in [1.54, 1.807) is 11.1 Å². The molecule has 2 aliphatic heterocycles. The molecule has 0 aliphatic carbocycles. The molecule has 5 heteroatoms. The molecule has 2 saturated heterocycles. The third-order valence-electron chi connectivity index (χ3n) is 3.61. The van der Waals surface area contributed by atoms with Crippen molar-refractivity contribution in [3.05, 3.63) is 23.6 Å². The summed E-state index contributed by atoms with van der Waals surface area (Å²) in [6.45, 7) is 4.25. The first kappa shape index (κ1) is 13.9. The minimum absolute atomic E-state index is 0.0120. The van der Waals surface area contributed by atoms with Crippen LogP contribution in [0.1, 0.15) is 33.1 Å². The van der Waals surface area contributed by atoms with Crippen LogP contribution in [0.4, 0.5) is 4.39 Å². The van der Waals surface area contributed by atoms with E-state index in [9.17, 15) is 14.0 Å². The standard InChI is InChI=1S/C14H19FN2O2/c1-3-11(7-10(2)15)9-17-14(19)8-13(18)12-5-4-6-16(12)17/h3,7,12H,4-6,8-9H2,1-2H3/b10-7+,11-3+. The zero-order chi connectivity index (χ0) is 14.0. The summed E-state index contributed by atoms with van der Waals surface area (Å²) in [5.41, 5.74) is 0.744. The van der Waals surface area contributed by atoms with Crippen molar-refractivity contribution < 1.29 is 14.0 Å². The van der Waals surface area contributed by atoms with Crippen LogP contribution in [0.3, 0.4) is 0 Å². The van der Waals surface area contributed by atoms with Gasteiger partial charge < -0.3 is 0 Å². The van der Waals surface area contributed by atoms with Crippen molar-refractivity contribution in [3.63, 3.8) is 0 Å². The van der Waals surface area contributed by atoms with E-state index in [0.29, 0.717) is 6.54 Å². The molecule has 1 amide bonds. The molecule has 2 fully saturated rings. The molecule has 0 spiro atoms. The monoisotopic (exact) mass is 266 g/mol. The smallest absolute Gasteiger partial charge is 0.244 e. The Morgan fingerprint density at radius 3 is 2.84 bits per heavy atom. The number of carbonyl (C=O) groups is 2. The largest absolute Gasteiger partial charge is 0.297 e. The lowest BCUT2D eigenvalue weighted by Gasteiger charge is -2.39. The highest BCUT2D eigenvalue weighted by atomic mass is 19.1. The number of allylic oxidation sites excluding steroid dienone is 2. The van der Waals surface area contributed by atoms with Gasteiger partial charge in [-0.2, -0.15) is 0 Å². The molecule has 2 rings (SSSR count). The number of carbonyl (C=O) groups excluding carboxylic acids is 2. The third-order valence-corrected chi connectivity index (χ3v) is 3.61. The van der Waals surface area contributed by atoms with Crippen LogP contribution in [0.5, 0.6) is 0 Å². The van der Waals surface area contributed by atoms with Crippen molar-refractivity contribution in [2.75, 3.05) is 13.1 Å². The molecule has 19 heavy (non-hydrogen) atoms. The van der Waals surface area contributed by atoms with E-state index >= 15 is 0 Å². The zero-order valence-corrected chi connectivity index (χ0v) is 11.4. The van der Waals surface area contributed by atoms with E-state index in [2.05, 4.69) is 0 Å². The Hall–Kier alpha value is -1.49. The van der Waals surface area contributed by atoms with Crippen molar-refractivity contribution in [1.29, 1.82) is 0 Å². The molecule has 0 aromatic heterocycles. The first-order valence-electron chi connectivity index (χ1n) is 6.61. The number of fused-ring (bicyclic) bond motifs is 1. The highest BCUT2D eigenvalue weighted by Crippen LogP contribution is 2.27. The van der Waals surface area contributed by atoms with Gasteiger partial charge in [-0.25, -0.2) is 9.40 Å². The van der Waals surface area contributed by atoms with Crippen LogP contribution in [-0.2, 0) is 9.59 Å². The average molecular weight is 266 g/mol. The van der Waals surface area contributed by atoms with Gasteiger partial charge in [0.1, 0.15) is 0 Å². The number of Topliss-reactive ketones (excluding diaryl/α,β-unsaturated/α-hetero) is 1. The molecule has 2 aliphatic rings. The SMILES string of the molecule is C/C=C(\C=C(/C)F)CN1C(=O)CC(=O)C2CCCN21. The fourth-order valence-electron chi connectivity index (χ4n) is 2.70. The average Bonchev–Trinajstić information content (AvgIpc) is 2.81. The van der Waals surface area contributed by atoms with E-state index < -0.39 is 0 Å². The fourth-order valence-corrected chi connectivity index (χ4v) is 2.70. The van der Waals surface area contributed by atoms with E-state index in [0.717, 1.165) is 25.0 Å². The maximum atomic E-state index is 13.0. The summed E-state index contributed by atoms with van der Waals surface area (Å²) >= 11 is 0. The van der Waals surface area contributed by atoms with Gasteiger partial charge in [-0.05, 0) is 38.3 Å². The molecule has 1 atom stereocenters. The molecule has 1 unspecified atom stereocenters. The Morgan fingerprint density at radius 1 is 1.47 bits per heavy atom. The number of hydrogen-bond acceptors (Lipinski definition) is 3. The first-order chi connectivity index (χ1) is 9.02. The molecular weight excluding hydrogens is 247 g/mol. The Labute approximate surface area is 112 Å². The molecule has 4 nitrogen and oxygen atoms in total. The van der Waals surface area contributed by atoms with Crippen molar-refractivity contribution >= 4 is 11.7 Å². The van der Waals surface area contributed by atoms with Gasteiger partial charge in [-0.3, -0.25) is 14.6 Å². The third kappa shape index (κ3) is 2.92. The lowest BCUT2D eigenvalue weighted by atomic mass is 10.0. The number of hydrogen-bond donors (Lipinski definition) is 0. The van der Waals surface area contributed by atoms with Crippen LogP contribution >= 0.6 is 0 Å². The van der Waals surface area contributed by atoms with E-state index in [-0.39, 0.29) is 30.0 Å². The summed E-state index contributed by atoms with van der Waals surface area (Å²) in [7, 11) is 0. The molecule has 0 N–H and O–H groups in total. The molecule has 2 heterocycles. The second-order valence-corrected chi connectivity index (χ2v) is 5.01. The van der Waals surface area contributed by atoms with Gasteiger partial charge in [0.05, 0.1) is 24.8 Å². The van der Waals surface area contributed by atoms with Gasteiger partial charge in [0, 0.05) is 6.54 Å². The number of rotatable bonds is 3. The number of hydrazine groups is 1. The maximum absolute atomic E-state index is 13.0. The van der Waals surface area contributed by atoms with Crippen LogP contribution in [0.15, 0.2) is 23.6 Å². The Balaban J connectivity index is 2.16. The van der Waals surface area contributed by atoms with Crippen molar-refractivity contribution in [2.45, 2.75) is 39.2 Å². The predicted octanol–water partition coefficient (Wildman–Crippen LogP) is 1.99. The predicted molar refractivity (Wildman–Crippen MR) is 69.7 cm³/mol. The summed E-state index contributed by atoms with van der Waals surface area (Å²) < 4.78 is 13.0. The number of halogens is 1. The topological polar surface area (TPSA) is 40.6 Å². The Kier molecular flexibility index (Phi) is 4.14. The van der Waals surface area contributed by atoms with Gasteiger partial charge in [0.25, 0.3) is 0 Å². The van der Waals surface area contributed by atoms with Gasteiger partial charge in [0.15, 0.2) is 5.78 Å². The first-order valence-corrected chi connectivity index (χ1v) is 6.61. The van der Waals surface area contributed by atoms with Gasteiger partial charge >= 0.3 is 0 Å². The number of ketones is 1. The summed E-state index contributed by atoms with van der Waals surface area (Å²) in [5.74, 6) is -0.461. The lowest BCUT2D eigenvalue weighted by Crippen LogP contribution is -2.57. The fraction of sp³-hybridized carbons (Fsp3) is 0.571. The summed E-state index contributed by atoms with van der Waals surface area (Å²) in [6, 6.07) is -0.161. The van der Waals surface area contributed by atoms with E-state index in [4.69, 9.17) is 0 Å². The molecule has 0 aromatic rings.